The first-order valence-electron chi connectivity index (χ1n) is 3.39. The van der Waals surface area contributed by atoms with Crippen molar-refractivity contribution in [3.05, 3.63) is 33.8 Å². The summed E-state index contributed by atoms with van der Waals surface area (Å²) in [7, 11) is 0. The first-order valence-corrected chi connectivity index (χ1v) is 4.19. The maximum absolute atomic E-state index is 12.3. The third-order valence-electron chi connectivity index (χ3n) is 1.52. The minimum absolute atomic E-state index is 0.0819. The Morgan fingerprint density at radius 2 is 2.08 bits per heavy atom. The van der Waals surface area contributed by atoms with Crippen LogP contribution in [0.5, 0.6) is 0 Å². The van der Waals surface area contributed by atoms with Crippen molar-refractivity contribution in [3.63, 3.8) is 0 Å². The van der Waals surface area contributed by atoms with E-state index in [0.717, 1.165) is 6.07 Å². The Hall–Kier alpha value is -0.970. The maximum atomic E-state index is 12.3. The van der Waals surface area contributed by atoms with Gasteiger partial charge in [0, 0.05) is 15.6 Å². The molecule has 0 spiro atoms. The van der Waals surface area contributed by atoms with Gasteiger partial charge in [-0.05, 0) is 18.2 Å². The van der Waals surface area contributed by atoms with Crippen LogP contribution < -0.4 is 5.73 Å². The van der Waals surface area contributed by atoms with Crippen molar-refractivity contribution < 1.29 is 13.6 Å². The first kappa shape index (κ1) is 10.1. The summed E-state index contributed by atoms with van der Waals surface area (Å²) in [4.78, 5) is 10.6. The van der Waals surface area contributed by atoms with Gasteiger partial charge in [0.1, 0.15) is 0 Å². The van der Waals surface area contributed by atoms with Gasteiger partial charge in [-0.15, -0.1) is 0 Å². The molecule has 13 heavy (non-hydrogen) atoms. The van der Waals surface area contributed by atoms with Gasteiger partial charge in [-0.3, -0.25) is 4.79 Å². The van der Waals surface area contributed by atoms with Gasteiger partial charge in [-0.2, -0.15) is 0 Å². The fraction of sp³-hybridized carbons (Fsp3) is 0.125. The van der Waals surface area contributed by atoms with Gasteiger partial charge in [0.25, 0.3) is 6.43 Å². The van der Waals surface area contributed by atoms with E-state index in [1.165, 1.54) is 12.1 Å². The molecule has 0 radical (unpaired) electrons. The highest BCUT2D eigenvalue weighted by molar-refractivity contribution is 9.10. The molecule has 0 aliphatic heterocycles. The topological polar surface area (TPSA) is 43.1 Å². The largest absolute Gasteiger partial charge is 0.366 e. The lowest BCUT2D eigenvalue weighted by atomic mass is 10.1. The Kier molecular flexibility index (Phi) is 2.98. The molecule has 0 bridgehead atoms. The van der Waals surface area contributed by atoms with Crippen LogP contribution in [-0.4, -0.2) is 5.91 Å². The van der Waals surface area contributed by atoms with Crippen molar-refractivity contribution in [2.75, 3.05) is 0 Å². The lowest BCUT2D eigenvalue weighted by Gasteiger charge is -2.04. The molecule has 70 valence electrons. The zero-order valence-electron chi connectivity index (χ0n) is 6.43. The maximum Gasteiger partial charge on any atom is 0.264 e. The second kappa shape index (κ2) is 3.83. The molecule has 0 fully saturated rings. The summed E-state index contributed by atoms with van der Waals surface area (Å²) < 4.78 is 24.8. The summed E-state index contributed by atoms with van der Waals surface area (Å²) in [6, 6.07) is 3.84. The van der Waals surface area contributed by atoms with Crippen LogP contribution in [0.2, 0.25) is 0 Å². The Balaban J connectivity index is 3.19. The van der Waals surface area contributed by atoms with Crippen molar-refractivity contribution in [1.82, 2.24) is 0 Å². The molecule has 1 rings (SSSR count). The lowest BCUT2D eigenvalue weighted by Crippen LogP contribution is -2.11. The average Bonchev–Trinajstić information content (AvgIpc) is 2.04. The smallest absolute Gasteiger partial charge is 0.264 e. The number of hydrogen-bond donors (Lipinski definition) is 1. The Bertz CT molecular complexity index is 341. The number of rotatable bonds is 2. The highest BCUT2D eigenvalue weighted by Gasteiger charge is 2.13. The lowest BCUT2D eigenvalue weighted by molar-refractivity contribution is 0.0999. The molecule has 1 amide bonds. The second-order valence-corrected chi connectivity index (χ2v) is 3.26. The van der Waals surface area contributed by atoms with Crippen LogP contribution in [0.15, 0.2) is 22.7 Å². The minimum Gasteiger partial charge on any atom is -0.366 e. The molecule has 0 saturated carbocycles. The molecule has 0 aromatic heterocycles. The summed E-state index contributed by atoms with van der Waals surface area (Å²) in [5.74, 6) is -0.714. The summed E-state index contributed by atoms with van der Waals surface area (Å²) in [5, 5.41) is 0. The van der Waals surface area contributed by atoms with Gasteiger partial charge in [0.2, 0.25) is 5.91 Å². The predicted octanol–water partition coefficient (Wildman–Crippen LogP) is 2.49. The number of benzene rings is 1. The Morgan fingerprint density at radius 1 is 1.46 bits per heavy atom. The van der Waals surface area contributed by atoms with Crippen LogP contribution in [0, 0.1) is 0 Å². The number of primary amides is 1. The van der Waals surface area contributed by atoms with Gasteiger partial charge >= 0.3 is 0 Å². The van der Waals surface area contributed by atoms with E-state index in [9.17, 15) is 13.6 Å². The van der Waals surface area contributed by atoms with Crippen molar-refractivity contribution in [2.45, 2.75) is 6.43 Å². The monoisotopic (exact) mass is 249 g/mol. The zero-order valence-corrected chi connectivity index (χ0v) is 8.01. The van der Waals surface area contributed by atoms with Gasteiger partial charge in [-0.1, -0.05) is 15.9 Å². The van der Waals surface area contributed by atoms with Crippen LogP contribution >= 0.6 is 15.9 Å². The molecule has 0 heterocycles. The van der Waals surface area contributed by atoms with E-state index in [0.29, 0.717) is 0 Å². The van der Waals surface area contributed by atoms with Crippen LogP contribution in [0.25, 0.3) is 0 Å². The molecule has 1 aromatic rings. The van der Waals surface area contributed by atoms with Gasteiger partial charge in [-0.25, -0.2) is 8.78 Å². The second-order valence-electron chi connectivity index (χ2n) is 2.40. The summed E-state index contributed by atoms with van der Waals surface area (Å²) >= 11 is 2.95. The van der Waals surface area contributed by atoms with Crippen LogP contribution in [0.4, 0.5) is 8.78 Å². The number of carbonyl (C=O) groups is 1. The minimum atomic E-state index is -2.62. The fourth-order valence-electron chi connectivity index (χ4n) is 0.864. The van der Waals surface area contributed by atoms with Crippen LogP contribution in [0.3, 0.4) is 0 Å². The Labute approximate surface area is 81.9 Å². The quantitative estimate of drug-likeness (QED) is 0.860. The van der Waals surface area contributed by atoms with E-state index in [4.69, 9.17) is 5.73 Å². The van der Waals surface area contributed by atoms with E-state index in [-0.39, 0.29) is 15.6 Å². The zero-order chi connectivity index (χ0) is 10.0. The van der Waals surface area contributed by atoms with Crippen LogP contribution in [-0.2, 0) is 0 Å². The van der Waals surface area contributed by atoms with E-state index in [2.05, 4.69) is 15.9 Å². The highest BCUT2D eigenvalue weighted by Crippen LogP contribution is 2.27. The molecule has 1 aromatic carbocycles. The molecular formula is C8H6BrF2NO. The Morgan fingerprint density at radius 3 is 2.54 bits per heavy atom. The molecule has 5 heteroatoms. The molecule has 0 aliphatic carbocycles. The van der Waals surface area contributed by atoms with Crippen molar-refractivity contribution in [1.29, 1.82) is 0 Å². The standard InChI is InChI=1S/C8H6BrF2NO/c9-6-2-1-4(8(12)13)3-5(6)7(10)11/h1-3,7H,(H2,12,13). The first-order chi connectivity index (χ1) is 6.02. The van der Waals surface area contributed by atoms with E-state index >= 15 is 0 Å². The molecule has 0 saturated heterocycles. The molecular weight excluding hydrogens is 244 g/mol. The molecule has 0 aliphatic rings. The molecule has 0 atom stereocenters. The third-order valence-corrected chi connectivity index (χ3v) is 2.24. The molecule has 2 nitrogen and oxygen atoms in total. The number of carbonyl (C=O) groups excluding carboxylic acids is 1. The number of hydrogen-bond acceptors (Lipinski definition) is 1. The molecule has 2 N–H and O–H groups in total. The average molecular weight is 250 g/mol. The van der Waals surface area contributed by atoms with Gasteiger partial charge in [0.15, 0.2) is 0 Å². The summed E-state index contributed by atoms with van der Waals surface area (Å²) in [6.45, 7) is 0. The SMILES string of the molecule is NC(=O)c1ccc(Br)c(C(F)F)c1. The third kappa shape index (κ3) is 2.24. The summed E-state index contributed by atoms with van der Waals surface area (Å²) in [5.41, 5.74) is 4.79. The van der Waals surface area contributed by atoms with E-state index in [1.807, 2.05) is 0 Å². The van der Waals surface area contributed by atoms with Crippen molar-refractivity contribution in [3.8, 4) is 0 Å². The highest BCUT2D eigenvalue weighted by atomic mass is 79.9. The van der Waals surface area contributed by atoms with Gasteiger partial charge < -0.3 is 5.73 Å². The number of alkyl halides is 2. The van der Waals surface area contributed by atoms with Crippen LogP contribution in [0.1, 0.15) is 22.3 Å². The molecule has 0 unspecified atom stereocenters. The van der Waals surface area contributed by atoms with E-state index in [1.54, 1.807) is 0 Å². The fourth-order valence-corrected chi connectivity index (χ4v) is 1.28. The normalized spacial score (nSPS) is 10.5. The number of amides is 1. The van der Waals surface area contributed by atoms with Crippen molar-refractivity contribution >= 4 is 21.8 Å². The van der Waals surface area contributed by atoms with Crippen molar-refractivity contribution in [2.24, 2.45) is 5.73 Å². The summed E-state index contributed by atoms with van der Waals surface area (Å²) in [6.07, 6.45) is -2.62. The predicted molar refractivity (Wildman–Crippen MR) is 47.6 cm³/mol. The van der Waals surface area contributed by atoms with Gasteiger partial charge in [0.05, 0.1) is 0 Å². The van der Waals surface area contributed by atoms with E-state index < -0.39 is 12.3 Å². The number of nitrogens with two attached hydrogens (primary N) is 1. The number of halogens is 3.